The van der Waals surface area contributed by atoms with Crippen LogP contribution in [0.4, 0.5) is 13.2 Å². The summed E-state index contributed by atoms with van der Waals surface area (Å²) in [7, 11) is 0. The molecule has 7 heteroatoms. The Labute approximate surface area is 138 Å². The molecule has 1 aliphatic heterocycles. The van der Waals surface area contributed by atoms with Crippen LogP contribution in [0.1, 0.15) is 42.1 Å². The Kier molecular flexibility index (Phi) is 5.55. The lowest BCUT2D eigenvalue weighted by atomic mass is 9.74. The van der Waals surface area contributed by atoms with Crippen LogP contribution in [-0.4, -0.2) is 46.8 Å². The van der Waals surface area contributed by atoms with Gasteiger partial charge in [0.25, 0.3) is 5.91 Å². The maximum absolute atomic E-state index is 13.1. The van der Waals surface area contributed by atoms with Crippen LogP contribution >= 0.6 is 0 Å². The summed E-state index contributed by atoms with van der Waals surface area (Å²) in [6.07, 6.45) is -3.96. The molecule has 1 aromatic rings. The van der Waals surface area contributed by atoms with E-state index in [4.69, 9.17) is 0 Å². The van der Waals surface area contributed by atoms with Crippen molar-refractivity contribution >= 4 is 5.91 Å². The van der Waals surface area contributed by atoms with Gasteiger partial charge in [-0.25, -0.2) is 0 Å². The van der Waals surface area contributed by atoms with E-state index in [2.05, 4.69) is 0 Å². The zero-order valence-electron chi connectivity index (χ0n) is 13.5. The molecule has 1 heterocycles. The Hall–Kier alpha value is -1.60. The van der Waals surface area contributed by atoms with Crippen molar-refractivity contribution in [2.75, 3.05) is 19.7 Å². The molecule has 2 atom stereocenters. The molecule has 0 aliphatic carbocycles. The van der Waals surface area contributed by atoms with E-state index >= 15 is 0 Å². The molecule has 0 radical (unpaired) electrons. The summed E-state index contributed by atoms with van der Waals surface area (Å²) in [5, 5.41) is 19.9. The number of rotatable bonds is 4. The molecule has 1 aromatic carbocycles. The third-order valence-electron chi connectivity index (χ3n) is 4.70. The Morgan fingerprint density at radius 2 is 2.04 bits per heavy atom. The first-order valence-corrected chi connectivity index (χ1v) is 7.99. The second kappa shape index (κ2) is 7.11. The smallest absolute Gasteiger partial charge is 0.396 e. The third kappa shape index (κ3) is 3.57. The summed E-state index contributed by atoms with van der Waals surface area (Å²) in [6, 6.07) is 4.69. The number of hydrogen-bond donors (Lipinski definition) is 2. The van der Waals surface area contributed by atoms with Gasteiger partial charge in [-0.15, -0.1) is 0 Å². The van der Waals surface area contributed by atoms with Crippen LogP contribution in [0.25, 0.3) is 0 Å². The molecule has 1 saturated heterocycles. The number of benzene rings is 1. The summed E-state index contributed by atoms with van der Waals surface area (Å²) < 4.78 is 39.4. The molecule has 1 aliphatic rings. The van der Waals surface area contributed by atoms with Gasteiger partial charge in [-0.2, -0.15) is 13.2 Å². The van der Waals surface area contributed by atoms with Gasteiger partial charge in [0, 0.05) is 18.5 Å². The zero-order chi connectivity index (χ0) is 18.0. The van der Waals surface area contributed by atoms with Crippen molar-refractivity contribution in [1.29, 1.82) is 0 Å². The average molecular weight is 345 g/mol. The van der Waals surface area contributed by atoms with Crippen molar-refractivity contribution in [3.05, 3.63) is 35.4 Å². The number of nitrogens with zero attached hydrogens (tertiary/aromatic N) is 1. The highest BCUT2D eigenvalue weighted by Gasteiger charge is 2.44. The standard InChI is InChI=1S/C17H22F3NO3/c1-2-8-16(11-22)10-21(9-7-14(16)23)15(24)12-5-3-4-6-13(12)17(18,19)20/h3-6,14,22-23H,2,7-11H2,1H3/t14-,16-/m0/s1. The van der Waals surface area contributed by atoms with E-state index in [0.29, 0.717) is 12.8 Å². The molecule has 1 amide bonds. The topological polar surface area (TPSA) is 60.8 Å². The highest BCUT2D eigenvalue weighted by Crippen LogP contribution is 2.37. The predicted molar refractivity (Wildman–Crippen MR) is 82.4 cm³/mol. The van der Waals surface area contributed by atoms with E-state index in [1.54, 1.807) is 0 Å². The monoisotopic (exact) mass is 345 g/mol. The minimum Gasteiger partial charge on any atom is -0.396 e. The van der Waals surface area contributed by atoms with Crippen LogP contribution in [0.5, 0.6) is 0 Å². The summed E-state index contributed by atoms with van der Waals surface area (Å²) in [5.74, 6) is -0.719. The largest absolute Gasteiger partial charge is 0.417 e. The summed E-state index contributed by atoms with van der Waals surface area (Å²) in [4.78, 5) is 14.0. The van der Waals surface area contributed by atoms with E-state index < -0.39 is 34.7 Å². The van der Waals surface area contributed by atoms with Gasteiger partial charge >= 0.3 is 6.18 Å². The van der Waals surface area contributed by atoms with Crippen molar-refractivity contribution in [2.24, 2.45) is 5.41 Å². The SMILES string of the molecule is CCC[C@@]1(CO)CN(C(=O)c2ccccc2C(F)(F)F)CC[C@@H]1O. The Morgan fingerprint density at radius 1 is 1.38 bits per heavy atom. The van der Waals surface area contributed by atoms with E-state index in [1.165, 1.54) is 17.0 Å². The van der Waals surface area contributed by atoms with Gasteiger partial charge in [-0.05, 0) is 25.0 Å². The average Bonchev–Trinajstić information content (AvgIpc) is 2.55. The summed E-state index contributed by atoms with van der Waals surface area (Å²) in [6.45, 7) is 1.79. The zero-order valence-corrected chi connectivity index (χ0v) is 13.5. The maximum Gasteiger partial charge on any atom is 0.417 e. The second-order valence-electron chi connectivity index (χ2n) is 6.35. The maximum atomic E-state index is 13.1. The van der Waals surface area contributed by atoms with Crippen molar-refractivity contribution in [3.8, 4) is 0 Å². The predicted octanol–water partition coefficient (Wildman–Crippen LogP) is 2.69. The molecule has 0 spiro atoms. The van der Waals surface area contributed by atoms with Crippen LogP contribution in [0, 0.1) is 5.41 Å². The number of aliphatic hydroxyl groups is 2. The van der Waals surface area contributed by atoms with Crippen molar-refractivity contribution in [3.63, 3.8) is 0 Å². The molecule has 2 N–H and O–H groups in total. The van der Waals surface area contributed by atoms with E-state index in [9.17, 15) is 28.2 Å². The van der Waals surface area contributed by atoms with Gasteiger partial charge in [0.2, 0.25) is 0 Å². The van der Waals surface area contributed by atoms with Gasteiger partial charge < -0.3 is 15.1 Å². The Morgan fingerprint density at radius 3 is 2.62 bits per heavy atom. The number of likely N-dealkylation sites (tertiary alicyclic amines) is 1. The third-order valence-corrected chi connectivity index (χ3v) is 4.70. The van der Waals surface area contributed by atoms with Crippen LogP contribution in [-0.2, 0) is 6.18 Å². The molecule has 2 rings (SSSR count). The van der Waals surface area contributed by atoms with Gasteiger partial charge in [-0.3, -0.25) is 4.79 Å². The van der Waals surface area contributed by atoms with Crippen molar-refractivity contribution in [1.82, 2.24) is 4.90 Å². The lowest BCUT2D eigenvalue weighted by Gasteiger charge is -2.45. The van der Waals surface area contributed by atoms with Gasteiger partial charge in [-0.1, -0.05) is 25.5 Å². The number of piperidine rings is 1. The molecular weight excluding hydrogens is 323 g/mol. The number of aliphatic hydroxyl groups excluding tert-OH is 2. The second-order valence-corrected chi connectivity index (χ2v) is 6.35. The lowest BCUT2D eigenvalue weighted by molar-refractivity contribution is -0.138. The molecule has 0 aromatic heterocycles. The fourth-order valence-electron chi connectivity index (χ4n) is 3.39. The quantitative estimate of drug-likeness (QED) is 0.882. The molecule has 1 fully saturated rings. The van der Waals surface area contributed by atoms with Gasteiger partial charge in [0.05, 0.1) is 23.8 Å². The first kappa shape index (κ1) is 18.7. The number of halogens is 3. The van der Waals surface area contributed by atoms with Gasteiger partial charge in [0.1, 0.15) is 0 Å². The normalized spacial score (nSPS) is 24.9. The van der Waals surface area contributed by atoms with Crippen molar-refractivity contribution < 1.29 is 28.2 Å². The minimum atomic E-state index is -4.61. The number of carbonyl (C=O) groups excluding carboxylic acids is 1. The molecule has 134 valence electrons. The number of alkyl halides is 3. The number of carbonyl (C=O) groups is 1. The van der Waals surface area contributed by atoms with E-state index in [-0.39, 0.29) is 26.1 Å². The van der Waals surface area contributed by atoms with Gasteiger partial charge in [0.15, 0.2) is 0 Å². The first-order chi connectivity index (χ1) is 11.2. The van der Waals surface area contributed by atoms with E-state index in [1.807, 2.05) is 6.92 Å². The van der Waals surface area contributed by atoms with Crippen LogP contribution in [0.2, 0.25) is 0 Å². The molecule has 4 nitrogen and oxygen atoms in total. The summed E-state index contributed by atoms with van der Waals surface area (Å²) >= 11 is 0. The number of hydrogen-bond acceptors (Lipinski definition) is 3. The Bertz CT molecular complexity index is 591. The van der Waals surface area contributed by atoms with E-state index in [0.717, 1.165) is 12.1 Å². The lowest BCUT2D eigenvalue weighted by Crippen LogP contribution is -2.55. The van der Waals surface area contributed by atoms with Crippen molar-refractivity contribution in [2.45, 2.75) is 38.5 Å². The molecular formula is C17H22F3NO3. The number of amides is 1. The summed E-state index contributed by atoms with van der Waals surface area (Å²) in [5.41, 5.74) is -2.24. The Balaban J connectivity index is 2.31. The molecule has 0 unspecified atom stereocenters. The fraction of sp³-hybridized carbons (Fsp3) is 0.588. The molecule has 24 heavy (non-hydrogen) atoms. The highest BCUT2D eigenvalue weighted by atomic mass is 19.4. The highest BCUT2D eigenvalue weighted by molar-refractivity contribution is 5.96. The fourth-order valence-corrected chi connectivity index (χ4v) is 3.39. The first-order valence-electron chi connectivity index (χ1n) is 7.99. The van der Waals surface area contributed by atoms with Crippen LogP contribution < -0.4 is 0 Å². The van der Waals surface area contributed by atoms with Crippen LogP contribution in [0.3, 0.4) is 0 Å². The minimum absolute atomic E-state index is 0.0452. The molecule has 0 bridgehead atoms. The molecule has 0 saturated carbocycles. The van der Waals surface area contributed by atoms with Crippen LogP contribution in [0.15, 0.2) is 24.3 Å².